The maximum absolute atomic E-state index is 4.76. The molecule has 2 aromatic rings. The monoisotopic (exact) mass is 499 g/mol. The molecule has 1 saturated heterocycles. The van der Waals surface area contributed by atoms with Crippen LogP contribution in [0.4, 0.5) is 0 Å². The number of hydrogen-bond acceptors (Lipinski definition) is 4. The number of nitrogens with one attached hydrogen (secondary N) is 2. The number of aliphatic imine (C=N–C) groups is 1. The molecule has 1 fully saturated rings. The molecule has 0 spiro atoms. The average Bonchev–Trinajstić information content (AvgIpc) is 3.09. The van der Waals surface area contributed by atoms with Crippen LogP contribution in [0.25, 0.3) is 5.65 Å². The van der Waals surface area contributed by atoms with Gasteiger partial charge in [-0.25, -0.2) is 0 Å². The van der Waals surface area contributed by atoms with Gasteiger partial charge in [0.1, 0.15) is 5.82 Å². The van der Waals surface area contributed by atoms with Crippen molar-refractivity contribution in [3.8, 4) is 0 Å². The lowest BCUT2D eigenvalue weighted by molar-refractivity contribution is 0.167. The highest BCUT2D eigenvalue weighted by Crippen LogP contribution is 2.13. The van der Waals surface area contributed by atoms with Crippen molar-refractivity contribution in [2.45, 2.75) is 58.5 Å². The van der Waals surface area contributed by atoms with Crippen LogP contribution in [0.1, 0.15) is 45.9 Å². The summed E-state index contributed by atoms with van der Waals surface area (Å²) in [7, 11) is 0. The van der Waals surface area contributed by atoms with Gasteiger partial charge < -0.3 is 15.5 Å². The summed E-state index contributed by atoms with van der Waals surface area (Å²) < 4.78 is 2.05. The minimum absolute atomic E-state index is 0. The average molecular weight is 499 g/mol. The van der Waals surface area contributed by atoms with Crippen LogP contribution in [-0.4, -0.2) is 63.7 Å². The highest BCUT2D eigenvalue weighted by molar-refractivity contribution is 14.0. The first-order valence-electron chi connectivity index (χ1n) is 10.2. The zero-order chi connectivity index (χ0) is 19.1. The minimum atomic E-state index is 0. The third-order valence-corrected chi connectivity index (χ3v) is 5.16. The standard InChI is InChI=1S/C20H33N7.HI/c1-4-21-20(23-17-10-14-26(15-11-17)16(2)3)22-12-7-9-19-25-24-18-8-5-6-13-27(18)19;/h5-6,8,13,16-17H,4,7,9-12,14-15H2,1-3H3,(H2,21,22,23);1H. The lowest BCUT2D eigenvalue weighted by atomic mass is 10.0. The second kappa shape index (κ2) is 11.5. The van der Waals surface area contributed by atoms with Gasteiger partial charge in [-0.15, -0.1) is 34.2 Å². The summed E-state index contributed by atoms with van der Waals surface area (Å²) in [5, 5.41) is 15.5. The maximum Gasteiger partial charge on any atom is 0.191 e. The van der Waals surface area contributed by atoms with Crippen LogP contribution in [0.2, 0.25) is 0 Å². The lowest BCUT2D eigenvalue weighted by Crippen LogP contribution is -2.49. The van der Waals surface area contributed by atoms with Gasteiger partial charge in [0, 0.05) is 50.9 Å². The van der Waals surface area contributed by atoms with Crippen molar-refractivity contribution in [2.75, 3.05) is 26.2 Å². The summed E-state index contributed by atoms with van der Waals surface area (Å²) in [5.74, 6) is 1.94. The number of guanidine groups is 1. The molecule has 156 valence electrons. The van der Waals surface area contributed by atoms with Gasteiger partial charge in [0.15, 0.2) is 11.6 Å². The van der Waals surface area contributed by atoms with Gasteiger partial charge in [0.2, 0.25) is 0 Å². The predicted molar refractivity (Wildman–Crippen MR) is 126 cm³/mol. The molecule has 2 aromatic heterocycles. The number of piperidine rings is 1. The van der Waals surface area contributed by atoms with Crippen LogP contribution in [0, 0.1) is 0 Å². The molecule has 0 atom stereocenters. The molecule has 3 rings (SSSR count). The van der Waals surface area contributed by atoms with Gasteiger partial charge >= 0.3 is 0 Å². The van der Waals surface area contributed by atoms with Crippen LogP contribution in [0.3, 0.4) is 0 Å². The molecule has 0 unspecified atom stereocenters. The first-order valence-corrected chi connectivity index (χ1v) is 10.2. The number of pyridine rings is 1. The molecule has 2 N–H and O–H groups in total. The molecule has 1 aliphatic rings. The Morgan fingerprint density at radius 2 is 2.04 bits per heavy atom. The number of aryl methyl sites for hydroxylation is 1. The summed E-state index contributed by atoms with van der Waals surface area (Å²) >= 11 is 0. The Bertz CT molecular complexity index is 735. The number of nitrogens with zero attached hydrogens (tertiary/aromatic N) is 5. The second-order valence-corrected chi connectivity index (χ2v) is 7.46. The molecule has 0 saturated carbocycles. The zero-order valence-electron chi connectivity index (χ0n) is 17.3. The number of rotatable bonds is 7. The Morgan fingerprint density at radius 1 is 1.25 bits per heavy atom. The van der Waals surface area contributed by atoms with Gasteiger partial charge in [-0.2, -0.15) is 0 Å². The third-order valence-electron chi connectivity index (χ3n) is 5.16. The largest absolute Gasteiger partial charge is 0.357 e. The summed E-state index contributed by atoms with van der Waals surface area (Å²) in [6.45, 7) is 10.6. The van der Waals surface area contributed by atoms with Gasteiger partial charge in [-0.1, -0.05) is 6.07 Å². The Morgan fingerprint density at radius 3 is 2.75 bits per heavy atom. The SMILES string of the molecule is CCNC(=NCCCc1nnc2ccccn12)NC1CCN(C(C)C)CC1.I. The number of fused-ring (bicyclic) bond motifs is 1. The first kappa shape index (κ1) is 22.9. The van der Waals surface area contributed by atoms with E-state index < -0.39 is 0 Å². The Kier molecular flexibility index (Phi) is 9.43. The first-order chi connectivity index (χ1) is 13.2. The van der Waals surface area contributed by atoms with Gasteiger partial charge in [0.25, 0.3) is 0 Å². The van der Waals surface area contributed by atoms with Gasteiger partial charge in [0.05, 0.1) is 0 Å². The maximum atomic E-state index is 4.76. The molecule has 8 heteroatoms. The van der Waals surface area contributed by atoms with Crippen molar-refractivity contribution in [1.82, 2.24) is 30.1 Å². The van der Waals surface area contributed by atoms with E-state index in [0.29, 0.717) is 12.1 Å². The third kappa shape index (κ3) is 6.30. The molecule has 7 nitrogen and oxygen atoms in total. The summed E-state index contributed by atoms with van der Waals surface area (Å²) in [6.07, 6.45) is 6.20. The zero-order valence-corrected chi connectivity index (χ0v) is 19.6. The highest BCUT2D eigenvalue weighted by atomic mass is 127. The Balaban J connectivity index is 0.00000280. The fourth-order valence-corrected chi connectivity index (χ4v) is 3.56. The van der Waals surface area contributed by atoms with Gasteiger partial charge in [-0.3, -0.25) is 9.39 Å². The van der Waals surface area contributed by atoms with E-state index in [-0.39, 0.29) is 24.0 Å². The van der Waals surface area contributed by atoms with Gasteiger partial charge in [-0.05, 0) is 52.2 Å². The normalized spacial score (nSPS) is 16.4. The van der Waals surface area contributed by atoms with Crippen LogP contribution in [0.15, 0.2) is 29.4 Å². The quantitative estimate of drug-likeness (QED) is 0.266. The molecule has 0 amide bonds. The van der Waals surface area contributed by atoms with Crippen LogP contribution >= 0.6 is 24.0 Å². The van der Waals surface area contributed by atoms with E-state index in [9.17, 15) is 0 Å². The van der Waals surface area contributed by atoms with E-state index >= 15 is 0 Å². The van der Waals surface area contributed by atoms with Crippen LogP contribution in [-0.2, 0) is 6.42 Å². The molecular weight excluding hydrogens is 465 g/mol. The number of halogens is 1. The summed E-state index contributed by atoms with van der Waals surface area (Å²) in [4.78, 5) is 7.31. The molecule has 3 heterocycles. The fraction of sp³-hybridized carbons (Fsp3) is 0.650. The number of hydrogen-bond donors (Lipinski definition) is 2. The Hall–Kier alpha value is -1.42. The number of aromatic nitrogens is 3. The highest BCUT2D eigenvalue weighted by Gasteiger charge is 2.21. The van der Waals surface area contributed by atoms with E-state index in [1.165, 1.54) is 12.8 Å². The predicted octanol–water partition coefficient (Wildman–Crippen LogP) is 2.71. The fourth-order valence-electron chi connectivity index (χ4n) is 3.56. The molecule has 0 aromatic carbocycles. The van der Waals surface area contributed by atoms with Crippen molar-refractivity contribution in [1.29, 1.82) is 0 Å². The Labute approximate surface area is 185 Å². The van der Waals surface area contributed by atoms with Crippen molar-refractivity contribution in [3.63, 3.8) is 0 Å². The van der Waals surface area contributed by atoms with Crippen molar-refractivity contribution in [2.24, 2.45) is 4.99 Å². The molecule has 1 aliphatic heterocycles. The van der Waals surface area contributed by atoms with E-state index in [1.54, 1.807) is 0 Å². The van der Waals surface area contributed by atoms with Crippen LogP contribution in [0.5, 0.6) is 0 Å². The summed E-state index contributed by atoms with van der Waals surface area (Å²) in [5.41, 5.74) is 0.902. The van der Waals surface area contributed by atoms with Crippen LogP contribution < -0.4 is 10.6 Å². The van der Waals surface area contributed by atoms with E-state index in [0.717, 1.165) is 56.5 Å². The lowest BCUT2D eigenvalue weighted by Gasteiger charge is -2.35. The van der Waals surface area contributed by atoms with E-state index in [1.807, 2.05) is 24.4 Å². The smallest absolute Gasteiger partial charge is 0.191 e. The molecule has 0 bridgehead atoms. The van der Waals surface area contributed by atoms with E-state index in [2.05, 4.69) is 50.9 Å². The van der Waals surface area contributed by atoms with E-state index in [4.69, 9.17) is 4.99 Å². The summed E-state index contributed by atoms with van der Waals surface area (Å²) in [6, 6.07) is 7.12. The number of likely N-dealkylation sites (tertiary alicyclic amines) is 1. The minimum Gasteiger partial charge on any atom is -0.357 e. The molecular formula is C20H34IN7. The topological polar surface area (TPSA) is 69.8 Å². The second-order valence-electron chi connectivity index (χ2n) is 7.46. The van der Waals surface area contributed by atoms with Crippen molar-refractivity contribution in [3.05, 3.63) is 30.2 Å². The molecule has 28 heavy (non-hydrogen) atoms. The van der Waals surface area contributed by atoms with Crippen molar-refractivity contribution < 1.29 is 0 Å². The van der Waals surface area contributed by atoms with Crippen molar-refractivity contribution >= 4 is 35.6 Å². The molecule has 0 radical (unpaired) electrons. The molecule has 0 aliphatic carbocycles.